The first kappa shape index (κ1) is 20.6. The zero-order valence-electron chi connectivity index (χ0n) is 15.4. The van der Waals surface area contributed by atoms with Gasteiger partial charge in [-0.05, 0) is 54.8 Å². The van der Waals surface area contributed by atoms with Crippen LogP contribution in [0.3, 0.4) is 0 Å². The molecule has 0 saturated carbocycles. The van der Waals surface area contributed by atoms with Gasteiger partial charge in [0.15, 0.2) is 14.7 Å². The van der Waals surface area contributed by atoms with Crippen molar-refractivity contribution in [2.24, 2.45) is 0 Å². The van der Waals surface area contributed by atoms with E-state index in [-0.39, 0.29) is 10.9 Å². The smallest absolute Gasteiger partial charge is 0.249 e. The summed E-state index contributed by atoms with van der Waals surface area (Å²) in [7, 11) is -0.0286. The lowest BCUT2D eigenvalue weighted by molar-refractivity contribution is -0.275. The van der Waals surface area contributed by atoms with Crippen molar-refractivity contribution in [2.75, 3.05) is 0 Å². The molecule has 0 heterocycles. The fourth-order valence-electron chi connectivity index (χ4n) is 2.69. The van der Waals surface area contributed by atoms with Gasteiger partial charge in [-0.25, -0.2) is 0 Å². The predicted molar refractivity (Wildman–Crippen MR) is 108 cm³/mol. The van der Waals surface area contributed by atoms with Gasteiger partial charge in [-0.1, -0.05) is 61.9 Å². The van der Waals surface area contributed by atoms with Crippen LogP contribution in [-0.4, -0.2) is 11.3 Å². The number of aryl methyl sites for hydroxylation is 1. The van der Waals surface area contributed by atoms with Crippen molar-refractivity contribution in [1.82, 2.24) is 0 Å². The van der Waals surface area contributed by atoms with Crippen molar-refractivity contribution in [3.05, 3.63) is 90.5 Å². The van der Waals surface area contributed by atoms with E-state index in [2.05, 4.69) is 91.9 Å². The highest BCUT2D eigenvalue weighted by Gasteiger charge is 2.27. The summed E-state index contributed by atoms with van der Waals surface area (Å²) in [5.41, 5.74) is 1.44. The standard InChI is InChI=1S/C22H23S.CH2O3/c1-2-3-10-19-15-17-22(18-16-19)23(20-11-6-4-7-12-20)21-13-8-5-9-14-21;2-1(3)4/h4-9,11-18H,2-3,10H2,1H3;(H2,2,3,4)/q+1;/p-1. The lowest BCUT2D eigenvalue weighted by Crippen LogP contribution is -2.17. The van der Waals surface area contributed by atoms with E-state index in [1.807, 2.05) is 0 Å². The van der Waals surface area contributed by atoms with Crippen LogP contribution >= 0.6 is 0 Å². The van der Waals surface area contributed by atoms with Gasteiger partial charge in [0.25, 0.3) is 0 Å². The molecular formula is C23H24O3S. The third kappa shape index (κ3) is 6.83. The quantitative estimate of drug-likeness (QED) is 0.611. The summed E-state index contributed by atoms with van der Waals surface area (Å²) in [5.74, 6) is 0. The molecule has 3 rings (SSSR count). The third-order valence-electron chi connectivity index (χ3n) is 3.94. The number of benzene rings is 3. The first-order valence-corrected chi connectivity index (χ1v) is 10.2. The Balaban J connectivity index is 0.000000596. The summed E-state index contributed by atoms with van der Waals surface area (Å²) in [6.45, 7) is 2.25. The Hall–Kier alpha value is -2.72. The van der Waals surface area contributed by atoms with Gasteiger partial charge in [-0.15, -0.1) is 0 Å². The Bertz CT molecular complexity index is 759. The second-order valence-corrected chi connectivity index (χ2v) is 7.97. The van der Waals surface area contributed by atoms with Gasteiger partial charge in [-0.2, -0.15) is 0 Å². The molecule has 1 N–H and O–H groups in total. The van der Waals surface area contributed by atoms with Crippen molar-refractivity contribution in [3.8, 4) is 0 Å². The molecule has 0 aromatic heterocycles. The van der Waals surface area contributed by atoms with Crippen LogP contribution in [-0.2, 0) is 17.3 Å². The van der Waals surface area contributed by atoms with Crippen LogP contribution in [0.25, 0.3) is 0 Å². The van der Waals surface area contributed by atoms with E-state index in [1.54, 1.807) is 0 Å². The molecule has 3 aromatic rings. The number of hydrogen-bond donors (Lipinski definition) is 1. The molecule has 0 spiro atoms. The van der Waals surface area contributed by atoms with Gasteiger partial charge in [0.2, 0.25) is 6.16 Å². The Morgan fingerprint density at radius 3 is 1.63 bits per heavy atom. The Kier molecular flexibility index (Phi) is 8.46. The van der Waals surface area contributed by atoms with Gasteiger partial charge >= 0.3 is 0 Å². The molecule has 0 amide bonds. The first-order valence-electron chi connectivity index (χ1n) is 8.95. The van der Waals surface area contributed by atoms with Gasteiger partial charge in [-0.3, -0.25) is 0 Å². The molecule has 0 aliphatic rings. The SMILES string of the molecule is CCCCc1ccc([S+](c2ccccc2)c2ccccc2)cc1.O=C([O-])O. The number of unbranched alkanes of at least 4 members (excludes halogenated alkanes) is 1. The number of hydrogen-bond acceptors (Lipinski definition) is 2. The average Bonchev–Trinajstić information content (AvgIpc) is 2.69. The van der Waals surface area contributed by atoms with Gasteiger partial charge in [0, 0.05) is 0 Å². The molecule has 0 unspecified atom stereocenters. The van der Waals surface area contributed by atoms with Crippen LogP contribution in [0.2, 0.25) is 0 Å². The van der Waals surface area contributed by atoms with E-state index >= 15 is 0 Å². The normalized spacial score (nSPS) is 10.1. The monoisotopic (exact) mass is 380 g/mol. The second kappa shape index (κ2) is 11.1. The molecule has 0 aliphatic carbocycles. The summed E-state index contributed by atoms with van der Waals surface area (Å²) in [5, 5.41) is 15.3. The molecule has 3 nitrogen and oxygen atoms in total. The van der Waals surface area contributed by atoms with Crippen molar-refractivity contribution >= 4 is 17.1 Å². The van der Waals surface area contributed by atoms with Crippen molar-refractivity contribution in [3.63, 3.8) is 0 Å². The minimum atomic E-state index is -2.08. The summed E-state index contributed by atoms with van der Waals surface area (Å²) < 4.78 is 0. The number of carbonyl (C=O) groups is 1. The Morgan fingerprint density at radius 1 is 0.815 bits per heavy atom. The molecule has 0 fully saturated rings. The molecule has 0 atom stereocenters. The minimum Gasteiger partial charge on any atom is -0.565 e. The highest BCUT2D eigenvalue weighted by atomic mass is 32.2. The van der Waals surface area contributed by atoms with E-state index in [0.717, 1.165) is 0 Å². The maximum Gasteiger partial charge on any atom is 0.249 e. The van der Waals surface area contributed by atoms with Crippen LogP contribution in [0.1, 0.15) is 25.3 Å². The maximum atomic E-state index is 8.44. The van der Waals surface area contributed by atoms with Crippen LogP contribution in [0.4, 0.5) is 4.79 Å². The zero-order valence-corrected chi connectivity index (χ0v) is 16.2. The van der Waals surface area contributed by atoms with Crippen LogP contribution < -0.4 is 5.11 Å². The molecule has 3 aromatic carbocycles. The van der Waals surface area contributed by atoms with E-state index < -0.39 is 6.16 Å². The largest absolute Gasteiger partial charge is 0.565 e. The van der Waals surface area contributed by atoms with Crippen LogP contribution in [0.5, 0.6) is 0 Å². The van der Waals surface area contributed by atoms with Crippen LogP contribution in [0, 0.1) is 0 Å². The number of rotatable bonds is 6. The molecule has 4 heteroatoms. The lowest BCUT2D eigenvalue weighted by Gasteiger charge is -2.08. The summed E-state index contributed by atoms with van der Waals surface area (Å²) in [4.78, 5) is 12.6. The van der Waals surface area contributed by atoms with Crippen molar-refractivity contribution in [2.45, 2.75) is 40.9 Å². The Morgan fingerprint density at radius 2 is 1.22 bits per heavy atom. The summed E-state index contributed by atoms with van der Waals surface area (Å²) in [6.07, 6.45) is 1.61. The maximum absolute atomic E-state index is 8.44. The van der Waals surface area contributed by atoms with Crippen molar-refractivity contribution in [1.29, 1.82) is 0 Å². The topological polar surface area (TPSA) is 60.4 Å². The van der Waals surface area contributed by atoms with Gasteiger partial charge < -0.3 is 15.0 Å². The van der Waals surface area contributed by atoms with Gasteiger partial charge in [0.05, 0.1) is 10.9 Å². The fraction of sp³-hybridized carbons (Fsp3) is 0.174. The third-order valence-corrected chi connectivity index (χ3v) is 6.17. The van der Waals surface area contributed by atoms with E-state index in [0.29, 0.717) is 0 Å². The predicted octanol–water partition coefficient (Wildman–Crippen LogP) is 5.01. The lowest BCUT2D eigenvalue weighted by atomic mass is 10.1. The fourth-order valence-corrected chi connectivity index (χ4v) is 4.78. The van der Waals surface area contributed by atoms with E-state index in [4.69, 9.17) is 15.0 Å². The van der Waals surface area contributed by atoms with E-state index in [1.165, 1.54) is 39.5 Å². The molecule has 27 heavy (non-hydrogen) atoms. The molecule has 0 saturated heterocycles. The highest BCUT2D eigenvalue weighted by molar-refractivity contribution is 7.97. The van der Waals surface area contributed by atoms with Crippen LogP contribution in [0.15, 0.2) is 99.6 Å². The molecular weight excluding hydrogens is 356 g/mol. The van der Waals surface area contributed by atoms with Crippen molar-refractivity contribution < 1.29 is 15.0 Å². The molecule has 140 valence electrons. The van der Waals surface area contributed by atoms with E-state index in [9.17, 15) is 0 Å². The average molecular weight is 381 g/mol. The Labute approximate surface area is 163 Å². The first-order chi connectivity index (χ1) is 13.1. The molecule has 0 radical (unpaired) electrons. The summed E-state index contributed by atoms with van der Waals surface area (Å²) >= 11 is 0. The second-order valence-electron chi connectivity index (χ2n) is 5.95. The van der Waals surface area contributed by atoms with Gasteiger partial charge in [0.1, 0.15) is 0 Å². The number of carboxylic acid groups (broad SMARTS) is 2. The highest BCUT2D eigenvalue weighted by Crippen LogP contribution is 2.31. The summed E-state index contributed by atoms with van der Waals surface area (Å²) in [6, 6.07) is 30.9. The molecule has 0 bridgehead atoms. The minimum absolute atomic E-state index is 0.0286. The zero-order chi connectivity index (χ0) is 19.5. The molecule has 0 aliphatic heterocycles.